The fourth-order valence-electron chi connectivity index (χ4n) is 2.87. The van der Waals surface area contributed by atoms with Crippen LogP contribution in [0.4, 0.5) is 11.4 Å². The average Bonchev–Trinajstić information content (AvgIpc) is 2.66. The summed E-state index contributed by atoms with van der Waals surface area (Å²) >= 11 is 0. The number of anilines is 2. The van der Waals surface area contributed by atoms with Crippen molar-refractivity contribution in [2.75, 3.05) is 30.8 Å². The molecule has 9 nitrogen and oxygen atoms in total. The van der Waals surface area contributed by atoms with Crippen LogP contribution in [-0.2, 0) is 0 Å². The number of aromatic nitrogens is 2. The van der Waals surface area contributed by atoms with E-state index in [2.05, 4.69) is 15.6 Å². The van der Waals surface area contributed by atoms with Gasteiger partial charge in [-0.3, -0.25) is 0 Å². The van der Waals surface area contributed by atoms with Gasteiger partial charge in [0.2, 0.25) is 5.88 Å². The molecule has 0 amide bonds. The van der Waals surface area contributed by atoms with Crippen LogP contribution in [0.15, 0.2) is 36.3 Å². The minimum Gasteiger partial charge on any atom is -0.477 e. The van der Waals surface area contributed by atoms with Crippen LogP contribution in [0.5, 0.6) is 5.88 Å². The molecule has 2 aromatic heterocycles. The van der Waals surface area contributed by atoms with Gasteiger partial charge >= 0.3 is 0 Å². The maximum atomic E-state index is 8.28. The Labute approximate surface area is 178 Å². The van der Waals surface area contributed by atoms with E-state index < -0.39 is 0 Å². The number of nitrogens with one attached hydrogen (secondary N) is 3. The highest BCUT2D eigenvalue weighted by atomic mass is 16.5. The van der Waals surface area contributed by atoms with Gasteiger partial charge in [0.05, 0.1) is 41.5 Å². The number of pyridine rings is 2. The number of nitrogens with two attached hydrogens (primary N) is 2. The van der Waals surface area contributed by atoms with Crippen LogP contribution in [0, 0.1) is 5.41 Å². The van der Waals surface area contributed by atoms with Crippen molar-refractivity contribution in [1.82, 2.24) is 15.0 Å². The average molecular weight is 413 g/mol. The molecule has 2 heterocycles. The SMILES string of the molecule is CCOc1ncccc1-c1cc(NC/C(N)=C/N(C)N)c(NC(C)C)c(C(C)=N)n1. The van der Waals surface area contributed by atoms with Gasteiger partial charge in [-0.1, -0.05) is 0 Å². The zero-order chi connectivity index (χ0) is 22.3. The second-order valence-electron chi connectivity index (χ2n) is 7.21. The Balaban J connectivity index is 2.60. The predicted molar refractivity (Wildman–Crippen MR) is 123 cm³/mol. The minimum absolute atomic E-state index is 0.150. The molecule has 9 heteroatoms. The molecule has 30 heavy (non-hydrogen) atoms. The van der Waals surface area contributed by atoms with Gasteiger partial charge < -0.3 is 31.5 Å². The van der Waals surface area contributed by atoms with E-state index >= 15 is 0 Å². The number of hydrogen-bond acceptors (Lipinski definition) is 9. The summed E-state index contributed by atoms with van der Waals surface area (Å²) in [5, 5.41) is 16.4. The number of rotatable bonds is 10. The molecular formula is C21H32N8O. The Morgan fingerprint density at radius 3 is 2.73 bits per heavy atom. The van der Waals surface area contributed by atoms with Crippen LogP contribution in [0.2, 0.25) is 0 Å². The quantitative estimate of drug-likeness (QED) is 0.228. The third-order valence-electron chi connectivity index (χ3n) is 3.99. The fourth-order valence-corrected chi connectivity index (χ4v) is 2.87. The molecule has 2 aromatic rings. The molecule has 0 saturated heterocycles. The van der Waals surface area contributed by atoms with Crippen LogP contribution in [-0.4, -0.2) is 46.9 Å². The van der Waals surface area contributed by atoms with E-state index in [0.29, 0.717) is 41.8 Å². The zero-order valence-corrected chi connectivity index (χ0v) is 18.3. The highest BCUT2D eigenvalue weighted by Crippen LogP contribution is 2.34. The first-order chi connectivity index (χ1) is 14.2. The summed E-state index contributed by atoms with van der Waals surface area (Å²) in [4.78, 5) is 9.08. The van der Waals surface area contributed by atoms with Gasteiger partial charge in [-0.25, -0.2) is 15.8 Å². The van der Waals surface area contributed by atoms with Crippen molar-refractivity contribution in [2.24, 2.45) is 11.6 Å². The molecular weight excluding hydrogens is 380 g/mol. The Morgan fingerprint density at radius 2 is 2.13 bits per heavy atom. The van der Waals surface area contributed by atoms with Crippen LogP contribution in [0.1, 0.15) is 33.4 Å². The lowest BCUT2D eigenvalue weighted by molar-refractivity contribution is 0.328. The van der Waals surface area contributed by atoms with Crippen LogP contribution >= 0.6 is 0 Å². The molecule has 0 saturated carbocycles. The van der Waals surface area contributed by atoms with Gasteiger partial charge in [0.1, 0.15) is 5.69 Å². The van der Waals surface area contributed by atoms with E-state index in [0.717, 1.165) is 16.9 Å². The van der Waals surface area contributed by atoms with Crippen molar-refractivity contribution in [2.45, 2.75) is 33.7 Å². The third kappa shape index (κ3) is 6.08. The summed E-state index contributed by atoms with van der Waals surface area (Å²) in [5.74, 6) is 6.15. The number of nitrogens with zero attached hydrogens (tertiary/aromatic N) is 3. The highest BCUT2D eigenvalue weighted by molar-refractivity contribution is 6.03. The monoisotopic (exact) mass is 412 g/mol. The van der Waals surface area contributed by atoms with Crippen molar-refractivity contribution in [3.05, 3.63) is 42.0 Å². The Hall–Kier alpha value is -3.33. The normalized spacial score (nSPS) is 11.4. The zero-order valence-electron chi connectivity index (χ0n) is 18.3. The molecule has 0 unspecified atom stereocenters. The summed E-state index contributed by atoms with van der Waals surface area (Å²) in [6.45, 7) is 8.56. The second kappa shape index (κ2) is 10.4. The van der Waals surface area contributed by atoms with Crippen molar-refractivity contribution in [3.63, 3.8) is 0 Å². The Morgan fingerprint density at radius 1 is 1.40 bits per heavy atom. The van der Waals surface area contributed by atoms with E-state index in [-0.39, 0.29) is 6.04 Å². The standard InChI is InChI=1S/C21H32N8O/c1-6-30-21-16(8-7-9-25-21)17-10-18(26-11-15(23)12-29(5)24)20(27-13(2)3)19(28-17)14(4)22/h7-10,12-13,22,27H,6,11,23-24H2,1-5H3,(H,26,28)/b15-12-,22-14?. The molecule has 0 spiro atoms. The largest absolute Gasteiger partial charge is 0.477 e. The van der Waals surface area contributed by atoms with Crippen molar-refractivity contribution in [3.8, 4) is 17.1 Å². The van der Waals surface area contributed by atoms with Crippen LogP contribution < -0.4 is 26.9 Å². The first-order valence-electron chi connectivity index (χ1n) is 9.85. The molecule has 0 aliphatic heterocycles. The van der Waals surface area contributed by atoms with Crippen LogP contribution in [0.25, 0.3) is 11.3 Å². The smallest absolute Gasteiger partial charge is 0.222 e. The van der Waals surface area contributed by atoms with Crippen molar-refractivity contribution < 1.29 is 4.74 Å². The maximum Gasteiger partial charge on any atom is 0.222 e. The summed E-state index contributed by atoms with van der Waals surface area (Å²) in [6, 6.07) is 5.80. The Bertz CT molecular complexity index is 908. The molecule has 7 N–H and O–H groups in total. The van der Waals surface area contributed by atoms with Crippen molar-refractivity contribution in [1.29, 1.82) is 5.41 Å². The third-order valence-corrected chi connectivity index (χ3v) is 3.99. The fraction of sp³-hybridized carbons (Fsp3) is 0.381. The summed E-state index contributed by atoms with van der Waals surface area (Å²) < 4.78 is 5.68. The lowest BCUT2D eigenvalue weighted by Crippen LogP contribution is -2.24. The number of hydrogen-bond donors (Lipinski definition) is 5. The highest BCUT2D eigenvalue weighted by Gasteiger charge is 2.18. The Kier molecular flexibility index (Phi) is 7.99. The van der Waals surface area contributed by atoms with E-state index in [9.17, 15) is 0 Å². The van der Waals surface area contributed by atoms with E-state index in [1.54, 1.807) is 26.4 Å². The van der Waals surface area contributed by atoms with Crippen LogP contribution in [0.3, 0.4) is 0 Å². The molecule has 0 aliphatic carbocycles. The summed E-state index contributed by atoms with van der Waals surface area (Å²) in [6.07, 6.45) is 3.32. The maximum absolute atomic E-state index is 8.28. The van der Waals surface area contributed by atoms with E-state index in [1.807, 2.05) is 39.0 Å². The molecule has 0 radical (unpaired) electrons. The molecule has 2 rings (SSSR count). The van der Waals surface area contributed by atoms with Gasteiger partial charge in [-0.05, 0) is 45.9 Å². The molecule has 0 aliphatic rings. The molecule has 0 bridgehead atoms. The lowest BCUT2D eigenvalue weighted by atomic mass is 10.1. The lowest BCUT2D eigenvalue weighted by Gasteiger charge is -2.21. The summed E-state index contributed by atoms with van der Waals surface area (Å²) in [5.41, 5.74) is 10.4. The first-order valence-corrected chi connectivity index (χ1v) is 9.85. The van der Waals surface area contributed by atoms with Gasteiger partial charge in [0, 0.05) is 31.2 Å². The molecule has 0 aromatic carbocycles. The first kappa shape index (κ1) is 23.0. The molecule has 162 valence electrons. The van der Waals surface area contributed by atoms with E-state index in [1.165, 1.54) is 5.01 Å². The van der Waals surface area contributed by atoms with E-state index in [4.69, 9.17) is 26.7 Å². The number of hydrazine groups is 1. The van der Waals surface area contributed by atoms with Gasteiger partial charge in [-0.15, -0.1) is 0 Å². The topological polar surface area (TPSA) is 138 Å². The second-order valence-corrected chi connectivity index (χ2v) is 7.21. The van der Waals surface area contributed by atoms with Gasteiger partial charge in [-0.2, -0.15) is 0 Å². The van der Waals surface area contributed by atoms with Gasteiger partial charge in [0.25, 0.3) is 0 Å². The minimum atomic E-state index is 0.150. The van der Waals surface area contributed by atoms with Crippen molar-refractivity contribution >= 4 is 17.1 Å². The molecule has 0 fully saturated rings. The predicted octanol–water partition coefficient (Wildman–Crippen LogP) is 2.77. The summed E-state index contributed by atoms with van der Waals surface area (Å²) in [7, 11) is 1.71. The molecule has 0 atom stereocenters. The van der Waals surface area contributed by atoms with Gasteiger partial charge in [0.15, 0.2) is 0 Å². The number of ether oxygens (including phenoxy) is 1.